The number of anilines is 2. The molecule has 2 atom stereocenters. The Hall–Kier alpha value is -3.80. The van der Waals surface area contributed by atoms with Crippen molar-refractivity contribution in [2.45, 2.75) is 38.5 Å². The van der Waals surface area contributed by atoms with Crippen molar-refractivity contribution in [2.75, 3.05) is 56.7 Å². The molecule has 2 aromatic carbocycles. The van der Waals surface area contributed by atoms with Crippen LogP contribution < -0.4 is 15.5 Å². The summed E-state index contributed by atoms with van der Waals surface area (Å²) < 4.78 is 19.8. The highest BCUT2D eigenvalue weighted by Crippen LogP contribution is 2.33. The normalized spacial score (nSPS) is 18.7. The van der Waals surface area contributed by atoms with Gasteiger partial charge in [-0.1, -0.05) is 23.7 Å². The molecule has 0 saturated carbocycles. The molecule has 12 heteroatoms. The number of fused-ring (bicyclic) bond motifs is 1. The number of rotatable bonds is 8. The molecule has 0 aliphatic carbocycles. The molecule has 0 bridgehead atoms. The number of ether oxygens (including phenoxy) is 1. The van der Waals surface area contributed by atoms with E-state index in [9.17, 15) is 14.0 Å². The Balaban J connectivity index is 1.13. The largest absolute Gasteiger partial charge is 0.377 e. The topological polar surface area (TPSA) is 103 Å². The van der Waals surface area contributed by atoms with Gasteiger partial charge in [-0.25, -0.2) is 14.4 Å². The summed E-state index contributed by atoms with van der Waals surface area (Å²) in [5.41, 5.74) is 4.00. The summed E-state index contributed by atoms with van der Waals surface area (Å²) in [6.45, 7) is 8.46. The van der Waals surface area contributed by atoms with Crippen molar-refractivity contribution in [3.63, 3.8) is 0 Å². The van der Waals surface area contributed by atoms with Crippen LogP contribution in [0.5, 0.6) is 0 Å². The number of carbonyl (C=O) groups is 2. The first-order chi connectivity index (χ1) is 20.7. The fourth-order valence-electron chi connectivity index (χ4n) is 5.58. The highest BCUT2D eigenvalue weighted by atomic mass is 35.5. The van der Waals surface area contributed by atoms with E-state index < -0.39 is 12.1 Å². The third-order valence-corrected chi connectivity index (χ3v) is 8.69. The van der Waals surface area contributed by atoms with Crippen LogP contribution in [0.15, 0.2) is 42.6 Å². The van der Waals surface area contributed by atoms with Gasteiger partial charge in [0.25, 0.3) is 5.91 Å². The fraction of sp³-hybridized carbons (Fsp3) is 0.419. The van der Waals surface area contributed by atoms with Crippen molar-refractivity contribution in [1.82, 2.24) is 25.1 Å². The lowest BCUT2D eigenvalue weighted by molar-refractivity contribution is -0.125. The molecule has 6 rings (SSSR count). The van der Waals surface area contributed by atoms with E-state index in [4.69, 9.17) is 16.3 Å². The van der Waals surface area contributed by atoms with Gasteiger partial charge in [0.15, 0.2) is 0 Å². The van der Waals surface area contributed by atoms with Crippen molar-refractivity contribution >= 4 is 35.1 Å². The standard InChI is InChI=1S/C31H35ClFN7O3/c1-18(22-10-23(33)13-25(11-22)39-8-6-38(3)7-9-39)35-29(41)19(2)40-15-21-5-4-20(12-26(21)30(40)42)28-27(32)14-34-31(37-28)36-24-16-43-17-24/h4-5,10-14,18-19,24H,6-9,15-17H2,1-3H3,(H,35,41)(H,34,36,37). The summed E-state index contributed by atoms with van der Waals surface area (Å²) in [6, 6.07) is 9.39. The van der Waals surface area contributed by atoms with Crippen molar-refractivity contribution in [3.8, 4) is 11.3 Å². The number of likely N-dealkylation sites (N-methyl/N-ethyl adjacent to an activating group) is 1. The number of benzene rings is 2. The summed E-state index contributed by atoms with van der Waals surface area (Å²) in [7, 11) is 2.07. The van der Waals surface area contributed by atoms with E-state index in [0.29, 0.717) is 53.1 Å². The molecule has 2 N–H and O–H groups in total. The first kappa shape index (κ1) is 29.3. The number of hydrogen-bond acceptors (Lipinski definition) is 8. The van der Waals surface area contributed by atoms with Gasteiger partial charge >= 0.3 is 0 Å². The van der Waals surface area contributed by atoms with Crippen LogP contribution in [0, 0.1) is 5.82 Å². The first-order valence-electron chi connectivity index (χ1n) is 14.5. The lowest BCUT2D eigenvalue weighted by Gasteiger charge is -2.34. The van der Waals surface area contributed by atoms with Gasteiger partial charge in [0, 0.05) is 49.5 Å². The zero-order valence-electron chi connectivity index (χ0n) is 24.4. The maximum atomic E-state index is 14.6. The van der Waals surface area contributed by atoms with Gasteiger partial charge in [0.2, 0.25) is 11.9 Å². The predicted octanol–water partition coefficient (Wildman–Crippen LogP) is 3.72. The van der Waals surface area contributed by atoms with Crippen molar-refractivity contribution in [1.29, 1.82) is 0 Å². The molecule has 1 aromatic heterocycles. The highest BCUT2D eigenvalue weighted by Gasteiger charge is 2.35. The molecular weight excluding hydrogens is 573 g/mol. The van der Waals surface area contributed by atoms with Crippen LogP contribution in [0.2, 0.25) is 5.02 Å². The number of piperazine rings is 1. The van der Waals surface area contributed by atoms with E-state index in [1.54, 1.807) is 17.9 Å². The first-order valence-corrected chi connectivity index (χ1v) is 14.9. The van der Waals surface area contributed by atoms with Gasteiger partial charge in [-0.15, -0.1) is 0 Å². The third kappa shape index (κ3) is 6.15. The van der Waals surface area contributed by atoms with Crippen molar-refractivity contribution in [2.24, 2.45) is 0 Å². The van der Waals surface area contributed by atoms with E-state index in [1.165, 1.54) is 18.3 Å². The maximum Gasteiger partial charge on any atom is 0.255 e. The summed E-state index contributed by atoms with van der Waals surface area (Å²) >= 11 is 6.44. The lowest BCUT2D eigenvalue weighted by Crippen LogP contribution is -2.46. The number of nitrogens with zero attached hydrogens (tertiary/aromatic N) is 5. The number of halogens is 2. The van der Waals surface area contributed by atoms with E-state index in [2.05, 4.69) is 37.4 Å². The number of hydrogen-bond donors (Lipinski definition) is 2. The predicted molar refractivity (Wildman–Crippen MR) is 163 cm³/mol. The molecule has 43 heavy (non-hydrogen) atoms. The summed E-state index contributed by atoms with van der Waals surface area (Å²) in [6.07, 6.45) is 1.54. The molecular formula is C31H35ClFN7O3. The quantitative estimate of drug-likeness (QED) is 0.400. The zero-order valence-corrected chi connectivity index (χ0v) is 25.2. The van der Waals surface area contributed by atoms with Crippen LogP contribution in [0.1, 0.15) is 41.4 Å². The minimum Gasteiger partial charge on any atom is -0.377 e. The highest BCUT2D eigenvalue weighted by molar-refractivity contribution is 6.33. The second-order valence-electron chi connectivity index (χ2n) is 11.5. The Bertz CT molecular complexity index is 1540. The second-order valence-corrected chi connectivity index (χ2v) is 11.9. The molecule has 2 unspecified atom stereocenters. The molecule has 3 aliphatic heterocycles. The minimum atomic E-state index is -0.736. The third-order valence-electron chi connectivity index (χ3n) is 8.41. The van der Waals surface area contributed by atoms with Crippen LogP contribution in [-0.4, -0.2) is 90.1 Å². The van der Waals surface area contributed by atoms with Gasteiger partial charge in [-0.2, -0.15) is 0 Å². The van der Waals surface area contributed by atoms with Crippen LogP contribution in [0.3, 0.4) is 0 Å². The van der Waals surface area contributed by atoms with Gasteiger partial charge in [0.1, 0.15) is 11.9 Å². The van der Waals surface area contributed by atoms with Crippen molar-refractivity contribution < 1.29 is 18.7 Å². The number of nitrogens with one attached hydrogen (secondary N) is 2. The molecule has 0 radical (unpaired) electrons. The fourth-order valence-corrected chi connectivity index (χ4v) is 5.78. The van der Waals surface area contributed by atoms with Crippen molar-refractivity contribution in [3.05, 3.63) is 70.1 Å². The summed E-state index contributed by atoms with van der Waals surface area (Å²) in [5, 5.41) is 6.56. The average molecular weight is 608 g/mol. The molecule has 4 heterocycles. The molecule has 10 nitrogen and oxygen atoms in total. The molecule has 2 amide bonds. The Morgan fingerprint density at radius 1 is 1.12 bits per heavy atom. The van der Waals surface area contributed by atoms with Crippen LogP contribution >= 0.6 is 11.6 Å². The lowest BCUT2D eigenvalue weighted by atomic mass is 10.0. The summed E-state index contributed by atoms with van der Waals surface area (Å²) in [4.78, 5) is 41.6. The smallest absolute Gasteiger partial charge is 0.255 e. The summed E-state index contributed by atoms with van der Waals surface area (Å²) in [5.74, 6) is -0.459. The number of amides is 2. The minimum absolute atomic E-state index is 0.152. The van der Waals surface area contributed by atoms with Gasteiger partial charge in [-0.05, 0) is 56.3 Å². The van der Waals surface area contributed by atoms with E-state index in [0.717, 1.165) is 37.4 Å². The Morgan fingerprint density at radius 3 is 2.60 bits per heavy atom. The molecule has 2 fully saturated rings. The zero-order chi connectivity index (χ0) is 30.2. The van der Waals surface area contributed by atoms with Crippen LogP contribution in [-0.2, 0) is 16.1 Å². The maximum absolute atomic E-state index is 14.6. The van der Waals surface area contributed by atoms with Gasteiger partial charge in [0.05, 0.1) is 42.2 Å². The SMILES string of the molecule is CC(NC(=O)C(C)N1Cc2ccc(-c3nc(NC4COC4)ncc3Cl)cc2C1=O)c1cc(F)cc(N2CCN(C)CC2)c1. The Morgan fingerprint density at radius 2 is 1.88 bits per heavy atom. The van der Waals surface area contributed by atoms with Crippen LogP contribution in [0.25, 0.3) is 11.3 Å². The Labute approximate surface area is 255 Å². The molecule has 226 valence electrons. The molecule has 0 spiro atoms. The van der Waals surface area contributed by atoms with E-state index in [1.807, 2.05) is 25.1 Å². The van der Waals surface area contributed by atoms with Crippen LogP contribution in [0.4, 0.5) is 16.0 Å². The Kier molecular flexibility index (Phi) is 8.21. The molecule has 2 saturated heterocycles. The number of aromatic nitrogens is 2. The van der Waals surface area contributed by atoms with Gasteiger partial charge < -0.3 is 30.1 Å². The molecule has 3 aliphatic rings. The number of carbonyl (C=O) groups excluding carboxylic acids is 2. The monoisotopic (exact) mass is 607 g/mol. The average Bonchev–Trinajstić information content (AvgIpc) is 3.30. The molecule has 3 aromatic rings. The van der Waals surface area contributed by atoms with E-state index >= 15 is 0 Å². The van der Waals surface area contributed by atoms with E-state index in [-0.39, 0.29) is 23.7 Å². The second kappa shape index (κ2) is 12.1. The van der Waals surface area contributed by atoms with Gasteiger partial charge in [-0.3, -0.25) is 9.59 Å².